The van der Waals surface area contributed by atoms with Crippen molar-refractivity contribution in [2.24, 2.45) is 0 Å². The van der Waals surface area contributed by atoms with Crippen molar-refractivity contribution < 1.29 is 9.47 Å². The van der Waals surface area contributed by atoms with Crippen LogP contribution in [-0.4, -0.2) is 33.0 Å². The van der Waals surface area contributed by atoms with Gasteiger partial charge in [-0.1, -0.05) is 0 Å². The third-order valence-corrected chi connectivity index (χ3v) is 7.04. The SMILES string of the molecule is CC[C@H]1O[C@@]2(C)O[C@@H]1CCC2[Se]c1ccccc1. The first-order valence-corrected chi connectivity index (χ1v) is 8.63. The fourth-order valence-corrected chi connectivity index (χ4v) is 5.49. The van der Waals surface area contributed by atoms with Crippen LogP contribution in [0, 0.1) is 0 Å². The Bertz CT molecular complexity index is 408. The molecule has 98 valence electrons. The predicted molar refractivity (Wildman–Crippen MR) is 73.3 cm³/mol. The average Bonchev–Trinajstić information content (AvgIpc) is 2.67. The number of hydrogen-bond acceptors (Lipinski definition) is 2. The molecule has 2 aliphatic rings. The molecule has 2 nitrogen and oxygen atoms in total. The molecule has 0 N–H and O–H groups in total. The zero-order valence-corrected chi connectivity index (χ0v) is 12.7. The zero-order valence-electron chi connectivity index (χ0n) is 11.0. The van der Waals surface area contributed by atoms with Crippen LogP contribution in [0.1, 0.15) is 33.1 Å². The van der Waals surface area contributed by atoms with Gasteiger partial charge in [0.2, 0.25) is 0 Å². The Morgan fingerprint density at radius 2 is 2.00 bits per heavy atom. The van der Waals surface area contributed by atoms with Gasteiger partial charge in [-0.05, 0) is 0 Å². The fourth-order valence-electron chi connectivity index (χ4n) is 2.93. The van der Waals surface area contributed by atoms with E-state index in [1.165, 1.54) is 10.9 Å². The van der Waals surface area contributed by atoms with Crippen LogP contribution >= 0.6 is 0 Å². The third kappa shape index (κ3) is 2.25. The molecule has 1 unspecified atom stereocenters. The summed E-state index contributed by atoms with van der Waals surface area (Å²) in [4.78, 5) is 0.542. The Labute approximate surface area is 115 Å². The number of benzene rings is 1. The first kappa shape index (κ1) is 12.7. The van der Waals surface area contributed by atoms with Crippen LogP contribution in [0.2, 0.25) is 4.82 Å². The zero-order chi connectivity index (χ0) is 12.6. The Morgan fingerprint density at radius 1 is 1.22 bits per heavy atom. The van der Waals surface area contributed by atoms with E-state index in [4.69, 9.17) is 9.47 Å². The molecular formula is C15H20O2Se. The van der Waals surface area contributed by atoms with Crippen molar-refractivity contribution in [2.75, 3.05) is 0 Å². The third-order valence-electron chi connectivity index (χ3n) is 3.91. The molecule has 2 aliphatic heterocycles. The van der Waals surface area contributed by atoms with E-state index in [1.54, 1.807) is 0 Å². The van der Waals surface area contributed by atoms with Crippen molar-refractivity contribution in [3.8, 4) is 0 Å². The van der Waals surface area contributed by atoms with Gasteiger partial charge < -0.3 is 0 Å². The second-order valence-corrected chi connectivity index (χ2v) is 7.91. The summed E-state index contributed by atoms with van der Waals surface area (Å²) >= 11 is 0.434. The van der Waals surface area contributed by atoms with Gasteiger partial charge in [0.15, 0.2) is 0 Å². The summed E-state index contributed by atoms with van der Waals surface area (Å²) < 4.78 is 13.8. The van der Waals surface area contributed by atoms with Gasteiger partial charge in [-0.3, -0.25) is 0 Å². The molecule has 2 saturated heterocycles. The molecule has 18 heavy (non-hydrogen) atoms. The van der Waals surface area contributed by atoms with E-state index in [0.29, 0.717) is 32.0 Å². The molecule has 3 rings (SSSR count). The molecule has 1 aromatic rings. The molecule has 0 aliphatic carbocycles. The predicted octanol–water partition coefficient (Wildman–Crippen LogP) is 2.51. The number of fused-ring (bicyclic) bond motifs is 2. The van der Waals surface area contributed by atoms with Crippen LogP contribution in [0.25, 0.3) is 0 Å². The van der Waals surface area contributed by atoms with Crippen LogP contribution < -0.4 is 4.46 Å². The van der Waals surface area contributed by atoms with Crippen molar-refractivity contribution in [3.05, 3.63) is 30.3 Å². The van der Waals surface area contributed by atoms with Gasteiger partial charge in [-0.15, -0.1) is 0 Å². The van der Waals surface area contributed by atoms with Crippen LogP contribution in [-0.2, 0) is 9.47 Å². The summed E-state index contributed by atoms with van der Waals surface area (Å²) in [6.07, 6.45) is 4.11. The van der Waals surface area contributed by atoms with Gasteiger partial charge in [-0.2, -0.15) is 0 Å². The maximum atomic E-state index is 6.20. The van der Waals surface area contributed by atoms with Crippen LogP contribution in [0.4, 0.5) is 0 Å². The first-order chi connectivity index (χ1) is 8.71. The molecule has 1 aromatic carbocycles. The van der Waals surface area contributed by atoms with Crippen LogP contribution in [0.3, 0.4) is 0 Å². The van der Waals surface area contributed by atoms with Gasteiger partial charge in [0.25, 0.3) is 0 Å². The second-order valence-electron chi connectivity index (χ2n) is 5.23. The van der Waals surface area contributed by atoms with Crippen molar-refractivity contribution in [3.63, 3.8) is 0 Å². The molecule has 3 heteroatoms. The molecular weight excluding hydrogens is 291 g/mol. The van der Waals surface area contributed by atoms with E-state index >= 15 is 0 Å². The monoisotopic (exact) mass is 312 g/mol. The van der Waals surface area contributed by atoms with E-state index < -0.39 is 0 Å². The maximum absolute atomic E-state index is 6.20. The van der Waals surface area contributed by atoms with E-state index in [0.717, 1.165) is 12.8 Å². The number of ether oxygens (including phenoxy) is 2. The Kier molecular flexibility index (Phi) is 3.50. The molecule has 2 heterocycles. The second kappa shape index (κ2) is 4.97. The molecule has 2 bridgehead atoms. The Morgan fingerprint density at radius 3 is 2.72 bits per heavy atom. The number of hydrogen-bond donors (Lipinski definition) is 0. The average molecular weight is 311 g/mol. The van der Waals surface area contributed by atoms with E-state index in [2.05, 4.69) is 44.2 Å². The van der Waals surface area contributed by atoms with Crippen molar-refractivity contribution in [1.82, 2.24) is 0 Å². The van der Waals surface area contributed by atoms with Gasteiger partial charge in [0, 0.05) is 0 Å². The minimum absolute atomic E-state index is 0.312. The summed E-state index contributed by atoms with van der Waals surface area (Å²) in [6, 6.07) is 10.8. The molecule has 0 aromatic heterocycles. The van der Waals surface area contributed by atoms with E-state index in [1.807, 2.05) is 0 Å². The van der Waals surface area contributed by atoms with Gasteiger partial charge in [0.1, 0.15) is 0 Å². The van der Waals surface area contributed by atoms with Crippen molar-refractivity contribution in [1.29, 1.82) is 0 Å². The van der Waals surface area contributed by atoms with Crippen molar-refractivity contribution in [2.45, 2.75) is 55.9 Å². The first-order valence-electron chi connectivity index (χ1n) is 6.78. The van der Waals surface area contributed by atoms with Crippen LogP contribution in [0.5, 0.6) is 0 Å². The fraction of sp³-hybridized carbons (Fsp3) is 0.600. The summed E-state index contributed by atoms with van der Waals surface area (Å²) in [6.45, 7) is 4.33. The summed E-state index contributed by atoms with van der Waals surface area (Å²) in [5, 5.41) is 0. The standard InChI is InChI=1S/C15H20O2Se/c1-3-12-13-9-10-14(15(2,16-12)17-13)18-11-7-5-4-6-8-11/h4-8,12-14H,3,9-10H2,1-2H3/t12-,13-,14?,15+/m1/s1. The number of rotatable bonds is 3. The van der Waals surface area contributed by atoms with Crippen LogP contribution in [0.15, 0.2) is 30.3 Å². The topological polar surface area (TPSA) is 18.5 Å². The minimum atomic E-state index is -0.334. The van der Waals surface area contributed by atoms with E-state index in [9.17, 15) is 0 Å². The van der Waals surface area contributed by atoms with Gasteiger partial charge in [0.05, 0.1) is 0 Å². The summed E-state index contributed by atoms with van der Waals surface area (Å²) in [5.74, 6) is -0.334. The quantitative estimate of drug-likeness (QED) is 0.799. The molecule has 4 atom stereocenters. The van der Waals surface area contributed by atoms with Gasteiger partial charge in [-0.25, -0.2) is 0 Å². The molecule has 0 saturated carbocycles. The molecule has 0 radical (unpaired) electrons. The summed E-state index contributed by atoms with van der Waals surface area (Å²) in [7, 11) is 0. The van der Waals surface area contributed by atoms with Crippen molar-refractivity contribution >= 4 is 19.4 Å². The Balaban J connectivity index is 1.74. The Hall–Kier alpha value is -0.341. The van der Waals surface area contributed by atoms with E-state index in [-0.39, 0.29) is 5.79 Å². The molecule has 0 spiro atoms. The van der Waals surface area contributed by atoms with Gasteiger partial charge >= 0.3 is 115 Å². The summed E-state index contributed by atoms with van der Waals surface area (Å²) in [5.41, 5.74) is 0. The molecule has 2 fully saturated rings. The molecule has 0 amide bonds. The normalized spacial score (nSPS) is 38.9.